The second kappa shape index (κ2) is 11.1. The van der Waals surface area contributed by atoms with Crippen molar-refractivity contribution >= 4 is 36.5 Å². The number of aliphatic hydroxyl groups excluding tert-OH is 1. The Kier molecular flexibility index (Phi) is 8.41. The number of nitrogens with zero attached hydrogens (tertiary/aromatic N) is 2. The van der Waals surface area contributed by atoms with E-state index in [1.807, 2.05) is 5.32 Å². The fourth-order valence-corrected chi connectivity index (χ4v) is 4.20. The Morgan fingerprint density at radius 1 is 1.22 bits per heavy atom. The summed E-state index contributed by atoms with van der Waals surface area (Å²) >= 11 is 0. The van der Waals surface area contributed by atoms with Crippen LogP contribution in [0.2, 0.25) is 5.82 Å². The number of imide groups is 1. The molecule has 1 saturated heterocycles. The molecule has 1 aromatic carbocycles. The van der Waals surface area contributed by atoms with Gasteiger partial charge in [0.2, 0.25) is 0 Å². The molecule has 3 rings (SSSR count). The predicted molar refractivity (Wildman–Crippen MR) is 120 cm³/mol. The molecule has 11 nitrogen and oxygen atoms in total. The minimum atomic E-state index is -3.42. The molecule has 2 heterocycles. The molecular weight excluding hydrogens is 483 g/mol. The quantitative estimate of drug-likeness (QED) is 0.252. The summed E-state index contributed by atoms with van der Waals surface area (Å²) in [5.41, 5.74) is 0.746. The van der Waals surface area contributed by atoms with Crippen molar-refractivity contribution in [3.05, 3.63) is 29.3 Å². The number of urea groups is 1. The van der Waals surface area contributed by atoms with Gasteiger partial charge in [0.1, 0.15) is 17.9 Å². The summed E-state index contributed by atoms with van der Waals surface area (Å²) in [6, 6.07) is 1.32. The van der Waals surface area contributed by atoms with Crippen molar-refractivity contribution < 1.29 is 47.5 Å². The minimum absolute atomic E-state index is 0.0256. The number of ketones is 2. The first-order chi connectivity index (χ1) is 17.0. The second-order valence-electron chi connectivity index (χ2n) is 8.59. The van der Waals surface area contributed by atoms with Crippen LogP contribution in [-0.2, 0) is 20.8 Å². The highest BCUT2D eigenvalue weighted by molar-refractivity contribution is 6.47. The lowest BCUT2D eigenvalue weighted by molar-refractivity contribution is -0.153. The van der Waals surface area contributed by atoms with Gasteiger partial charge in [0.05, 0.1) is 5.56 Å². The third kappa shape index (κ3) is 5.54. The number of likely N-dealkylation sites (N-methyl/N-ethyl adjacent to an activating group) is 1. The number of carbonyl (C=O) groups excluding carboxylic acids is 5. The first kappa shape index (κ1) is 27.2. The van der Waals surface area contributed by atoms with Gasteiger partial charge in [-0.15, -0.1) is 0 Å². The third-order valence-electron chi connectivity index (χ3n) is 6.22. The number of aliphatic hydroxyl groups is 1. The van der Waals surface area contributed by atoms with E-state index < -0.39 is 61.6 Å². The standard InChI is InChI=1S/C22H26BF2N3O8/c1-3-27-7-8-28(21(33)20(27)32)22(34)26-16(17(31)19(24)25)15(30)10-13-9-12-5-4-6-14(11(2)29)18(12)36-23(13)35/h4-6,13,16-17,19,31,35H,3,7-10H2,1-2H3,(H,26,34)/t13-,16+,17+/m1/s1. The number of Topliss-reactive ketones (excluding diaryl/α,β-unsaturated/α-hetero) is 2. The highest BCUT2D eigenvalue weighted by Gasteiger charge is 2.43. The van der Waals surface area contributed by atoms with E-state index in [0.717, 1.165) is 0 Å². The van der Waals surface area contributed by atoms with Crippen LogP contribution in [-0.4, -0.2) is 94.7 Å². The van der Waals surface area contributed by atoms with Crippen molar-refractivity contribution in [1.29, 1.82) is 0 Å². The number of hydrogen-bond donors (Lipinski definition) is 3. The maximum absolute atomic E-state index is 13.3. The van der Waals surface area contributed by atoms with Gasteiger partial charge >= 0.3 is 25.0 Å². The van der Waals surface area contributed by atoms with Gasteiger partial charge in [0.25, 0.3) is 6.43 Å². The van der Waals surface area contributed by atoms with Crippen LogP contribution in [0, 0.1) is 0 Å². The molecule has 1 aromatic rings. The zero-order valence-electron chi connectivity index (χ0n) is 19.6. The maximum atomic E-state index is 13.3. The average Bonchev–Trinajstić information content (AvgIpc) is 2.83. The Bertz CT molecular complexity index is 1070. The third-order valence-corrected chi connectivity index (χ3v) is 6.22. The Morgan fingerprint density at radius 3 is 2.53 bits per heavy atom. The van der Waals surface area contributed by atoms with E-state index in [0.29, 0.717) is 10.5 Å². The van der Waals surface area contributed by atoms with E-state index in [9.17, 15) is 42.9 Å². The molecule has 0 aromatic heterocycles. The molecule has 0 unspecified atom stereocenters. The van der Waals surface area contributed by atoms with Gasteiger partial charge in [-0.25, -0.2) is 13.6 Å². The largest absolute Gasteiger partial charge is 0.535 e. The summed E-state index contributed by atoms with van der Waals surface area (Å²) in [6.07, 6.45) is -6.54. The molecule has 0 saturated carbocycles. The zero-order chi connectivity index (χ0) is 26.7. The van der Waals surface area contributed by atoms with Crippen molar-refractivity contribution in [1.82, 2.24) is 15.1 Å². The summed E-state index contributed by atoms with van der Waals surface area (Å²) in [5.74, 6) is -4.26. The number of fused-ring (bicyclic) bond motifs is 1. The highest BCUT2D eigenvalue weighted by atomic mass is 19.3. The van der Waals surface area contributed by atoms with Gasteiger partial charge in [-0.1, -0.05) is 12.1 Å². The van der Waals surface area contributed by atoms with Crippen LogP contribution in [0.4, 0.5) is 13.6 Å². The molecule has 2 aliphatic rings. The molecule has 0 aliphatic carbocycles. The Hall–Kier alpha value is -3.39. The van der Waals surface area contributed by atoms with Crippen LogP contribution in [0.3, 0.4) is 0 Å². The number of para-hydroxylation sites is 1. The van der Waals surface area contributed by atoms with Gasteiger partial charge < -0.3 is 25.0 Å². The van der Waals surface area contributed by atoms with Crippen molar-refractivity contribution in [2.45, 2.75) is 51.1 Å². The number of alkyl halides is 2. The molecule has 3 atom stereocenters. The molecule has 2 aliphatic heterocycles. The molecule has 194 valence electrons. The van der Waals surface area contributed by atoms with Crippen LogP contribution in [0.5, 0.6) is 5.75 Å². The fraction of sp³-hybridized carbons (Fsp3) is 0.500. The van der Waals surface area contributed by atoms with Crippen molar-refractivity contribution in [3.8, 4) is 5.75 Å². The molecular formula is C22H26BF2N3O8. The van der Waals surface area contributed by atoms with Gasteiger partial charge in [0.15, 0.2) is 11.6 Å². The second-order valence-corrected chi connectivity index (χ2v) is 8.59. The summed E-state index contributed by atoms with van der Waals surface area (Å²) in [7, 11) is -1.57. The number of halogens is 2. The smallest absolute Gasteiger partial charge is 0.526 e. The van der Waals surface area contributed by atoms with Crippen LogP contribution >= 0.6 is 0 Å². The van der Waals surface area contributed by atoms with Gasteiger partial charge in [-0.3, -0.25) is 24.1 Å². The average molecular weight is 509 g/mol. The molecule has 1 fully saturated rings. The Balaban J connectivity index is 1.75. The fourth-order valence-electron chi connectivity index (χ4n) is 4.20. The number of rotatable bonds is 8. The lowest BCUT2D eigenvalue weighted by atomic mass is 9.64. The first-order valence-electron chi connectivity index (χ1n) is 11.3. The predicted octanol–water partition coefficient (Wildman–Crippen LogP) is 0.0289. The molecule has 4 amide bonds. The Morgan fingerprint density at radius 2 is 1.92 bits per heavy atom. The summed E-state index contributed by atoms with van der Waals surface area (Å²) in [6.45, 7) is 2.99. The molecule has 0 bridgehead atoms. The van der Waals surface area contributed by atoms with E-state index >= 15 is 0 Å². The van der Waals surface area contributed by atoms with Crippen LogP contribution in [0.25, 0.3) is 0 Å². The van der Waals surface area contributed by atoms with Crippen molar-refractivity contribution in [2.75, 3.05) is 19.6 Å². The van der Waals surface area contributed by atoms with E-state index in [1.54, 1.807) is 19.1 Å². The molecule has 14 heteroatoms. The normalized spacial score (nSPS) is 19.5. The van der Waals surface area contributed by atoms with E-state index in [1.165, 1.54) is 17.9 Å². The van der Waals surface area contributed by atoms with Crippen molar-refractivity contribution in [3.63, 3.8) is 0 Å². The number of amides is 4. The SMILES string of the molecule is CCN1CCN(C(=O)N[C@@H](C(=O)C[C@H]2Cc3cccc(C(C)=O)c3OB2O)[C@H](O)C(F)F)C(=O)C1=O. The van der Waals surface area contributed by atoms with Gasteiger partial charge in [-0.2, -0.15) is 0 Å². The lowest BCUT2D eigenvalue weighted by Gasteiger charge is -2.33. The number of nitrogens with one attached hydrogen (secondary N) is 1. The summed E-state index contributed by atoms with van der Waals surface area (Å²) in [4.78, 5) is 63.4. The monoisotopic (exact) mass is 509 g/mol. The first-order valence-corrected chi connectivity index (χ1v) is 11.3. The lowest BCUT2D eigenvalue weighted by Crippen LogP contribution is -2.61. The van der Waals surface area contributed by atoms with Crippen molar-refractivity contribution in [2.24, 2.45) is 0 Å². The topological polar surface area (TPSA) is 154 Å². The summed E-state index contributed by atoms with van der Waals surface area (Å²) in [5, 5.41) is 22.3. The molecule has 0 spiro atoms. The number of hydrogen-bond acceptors (Lipinski definition) is 8. The molecule has 0 radical (unpaired) electrons. The minimum Gasteiger partial charge on any atom is -0.535 e. The highest BCUT2D eigenvalue weighted by Crippen LogP contribution is 2.36. The van der Waals surface area contributed by atoms with E-state index in [-0.39, 0.29) is 43.2 Å². The van der Waals surface area contributed by atoms with Crippen LogP contribution in [0.1, 0.15) is 36.2 Å². The van der Waals surface area contributed by atoms with Gasteiger partial charge in [-0.05, 0) is 31.9 Å². The van der Waals surface area contributed by atoms with E-state index in [2.05, 4.69) is 0 Å². The number of benzene rings is 1. The van der Waals surface area contributed by atoms with Gasteiger partial charge in [0, 0.05) is 31.9 Å². The van der Waals surface area contributed by atoms with Crippen LogP contribution in [0.15, 0.2) is 18.2 Å². The zero-order valence-corrected chi connectivity index (χ0v) is 19.6. The molecule has 3 N–H and O–H groups in total. The molecule has 36 heavy (non-hydrogen) atoms. The number of piperazine rings is 1. The van der Waals surface area contributed by atoms with E-state index in [4.69, 9.17) is 4.65 Å². The summed E-state index contributed by atoms with van der Waals surface area (Å²) < 4.78 is 32.1. The Labute approximate surface area is 205 Å². The van der Waals surface area contributed by atoms with Crippen LogP contribution < -0.4 is 9.97 Å². The maximum Gasteiger partial charge on any atom is 0.526 e. The number of carbonyl (C=O) groups is 5.